The molecule has 1 aliphatic carbocycles. The van der Waals surface area contributed by atoms with Crippen molar-refractivity contribution in [3.63, 3.8) is 0 Å². The van der Waals surface area contributed by atoms with Gasteiger partial charge in [-0.3, -0.25) is 9.48 Å². The Balaban J connectivity index is 1.59. The molecule has 1 aromatic carbocycles. The lowest BCUT2D eigenvalue weighted by Gasteiger charge is -2.40. The molecule has 4 rings (SSSR count). The van der Waals surface area contributed by atoms with Crippen LogP contribution in [0.2, 0.25) is 0 Å². The number of aromatic nitrogens is 2. The second-order valence-corrected chi connectivity index (χ2v) is 8.14. The molecule has 2 aromatic rings. The van der Waals surface area contributed by atoms with Crippen molar-refractivity contribution in [2.75, 3.05) is 25.0 Å². The standard InChI is InChI=1S/C21H25FN6O/c22-16-3-5-17(6-4-16)25-20-18(19(24)29)14-28(26-20)21(7-10-23)8-11-27(12-9-21)13-15-1-2-15/h3-6,14-15H,1-2,7-9,11-13H2,(H2,24,29)(H,25,26). The zero-order valence-corrected chi connectivity index (χ0v) is 16.3. The van der Waals surface area contributed by atoms with Gasteiger partial charge in [-0.15, -0.1) is 0 Å². The van der Waals surface area contributed by atoms with Gasteiger partial charge in [-0.25, -0.2) is 4.39 Å². The van der Waals surface area contributed by atoms with Crippen LogP contribution in [-0.2, 0) is 5.54 Å². The first kappa shape index (κ1) is 19.4. The molecule has 0 bridgehead atoms. The predicted molar refractivity (Wildman–Crippen MR) is 107 cm³/mol. The van der Waals surface area contributed by atoms with Crippen LogP contribution in [0.1, 0.15) is 42.5 Å². The van der Waals surface area contributed by atoms with E-state index in [1.165, 1.54) is 25.0 Å². The fourth-order valence-electron chi connectivity index (χ4n) is 4.01. The molecule has 0 unspecified atom stereocenters. The van der Waals surface area contributed by atoms with Crippen molar-refractivity contribution in [3.05, 3.63) is 41.8 Å². The van der Waals surface area contributed by atoms with E-state index in [9.17, 15) is 14.4 Å². The van der Waals surface area contributed by atoms with Gasteiger partial charge in [0.15, 0.2) is 5.82 Å². The second kappa shape index (κ2) is 7.84. The van der Waals surface area contributed by atoms with E-state index >= 15 is 0 Å². The summed E-state index contributed by atoms with van der Waals surface area (Å²) in [5.41, 5.74) is 5.97. The van der Waals surface area contributed by atoms with Crippen LogP contribution in [0.15, 0.2) is 30.5 Å². The van der Waals surface area contributed by atoms with Gasteiger partial charge in [-0.1, -0.05) is 0 Å². The molecule has 0 radical (unpaired) electrons. The average molecular weight is 396 g/mol. The van der Waals surface area contributed by atoms with Crippen LogP contribution in [0, 0.1) is 23.1 Å². The molecule has 0 spiro atoms. The quantitative estimate of drug-likeness (QED) is 0.749. The molecule has 1 saturated heterocycles. The maximum absolute atomic E-state index is 13.2. The number of hydrogen-bond donors (Lipinski definition) is 2. The molecule has 2 heterocycles. The molecule has 0 atom stereocenters. The van der Waals surface area contributed by atoms with Crippen LogP contribution in [0.25, 0.3) is 0 Å². The highest BCUT2D eigenvalue weighted by Crippen LogP contribution is 2.37. The number of carbonyl (C=O) groups excluding carboxylic acids is 1. The lowest BCUT2D eigenvalue weighted by Crippen LogP contribution is -2.46. The summed E-state index contributed by atoms with van der Waals surface area (Å²) in [5, 5.41) is 17.1. The number of halogens is 1. The van der Waals surface area contributed by atoms with Crippen molar-refractivity contribution in [2.45, 2.75) is 37.6 Å². The van der Waals surface area contributed by atoms with Gasteiger partial charge >= 0.3 is 0 Å². The van der Waals surface area contributed by atoms with Gasteiger partial charge in [-0.2, -0.15) is 10.4 Å². The fourth-order valence-corrected chi connectivity index (χ4v) is 4.01. The largest absolute Gasteiger partial charge is 0.365 e. The summed E-state index contributed by atoms with van der Waals surface area (Å²) in [7, 11) is 0. The maximum Gasteiger partial charge on any atom is 0.254 e. The van der Waals surface area contributed by atoms with E-state index in [2.05, 4.69) is 21.4 Å². The lowest BCUT2D eigenvalue weighted by atomic mass is 9.85. The number of anilines is 2. The van der Waals surface area contributed by atoms with Crippen molar-refractivity contribution in [1.82, 2.24) is 14.7 Å². The molecule has 7 nitrogen and oxygen atoms in total. The van der Waals surface area contributed by atoms with Crippen LogP contribution in [0.5, 0.6) is 0 Å². The molecule has 2 aliphatic rings. The van der Waals surface area contributed by atoms with Crippen molar-refractivity contribution in [2.24, 2.45) is 11.7 Å². The van der Waals surface area contributed by atoms with Gasteiger partial charge in [-0.05, 0) is 55.9 Å². The van der Waals surface area contributed by atoms with Gasteiger partial charge in [0.25, 0.3) is 5.91 Å². The van der Waals surface area contributed by atoms with Gasteiger partial charge in [0.1, 0.15) is 11.4 Å². The third kappa shape index (κ3) is 4.25. The molecule has 3 N–H and O–H groups in total. The third-order valence-corrected chi connectivity index (χ3v) is 5.98. The Hall–Kier alpha value is -2.92. The average Bonchev–Trinajstić information content (AvgIpc) is 3.41. The lowest BCUT2D eigenvalue weighted by molar-refractivity contribution is 0.0977. The molecule has 8 heteroatoms. The summed E-state index contributed by atoms with van der Waals surface area (Å²) < 4.78 is 14.9. The van der Waals surface area contributed by atoms with E-state index in [-0.39, 0.29) is 11.4 Å². The zero-order valence-electron chi connectivity index (χ0n) is 16.3. The number of nitrogens with two attached hydrogens (primary N) is 1. The minimum Gasteiger partial charge on any atom is -0.365 e. The number of primary amides is 1. The van der Waals surface area contributed by atoms with E-state index in [1.807, 2.05) is 0 Å². The number of nitrogens with zero attached hydrogens (tertiary/aromatic N) is 4. The number of nitrogens with one attached hydrogen (secondary N) is 1. The Bertz CT molecular complexity index is 920. The zero-order chi connectivity index (χ0) is 20.4. The topological polar surface area (TPSA) is 100.0 Å². The van der Waals surface area contributed by atoms with Crippen LogP contribution in [0.4, 0.5) is 15.9 Å². The van der Waals surface area contributed by atoms with Crippen molar-refractivity contribution < 1.29 is 9.18 Å². The summed E-state index contributed by atoms with van der Waals surface area (Å²) in [4.78, 5) is 14.5. The molecule has 152 valence electrons. The normalized spacial score (nSPS) is 18.9. The van der Waals surface area contributed by atoms with Crippen molar-refractivity contribution in [3.8, 4) is 6.07 Å². The molecule has 1 amide bonds. The summed E-state index contributed by atoms with van der Waals surface area (Å²) in [6, 6.07) is 8.10. The van der Waals surface area contributed by atoms with Crippen LogP contribution >= 0.6 is 0 Å². The molecular formula is C21H25FN6O. The van der Waals surface area contributed by atoms with Crippen LogP contribution < -0.4 is 11.1 Å². The van der Waals surface area contributed by atoms with Crippen molar-refractivity contribution >= 4 is 17.4 Å². The van der Waals surface area contributed by atoms with Gasteiger partial charge in [0.2, 0.25) is 0 Å². The Morgan fingerprint density at radius 1 is 1.31 bits per heavy atom. The Labute approximate surface area is 169 Å². The van der Waals surface area contributed by atoms with E-state index < -0.39 is 11.4 Å². The van der Waals surface area contributed by atoms with Gasteiger partial charge in [0, 0.05) is 31.5 Å². The Morgan fingerprint density at radius 2 is 2.00 bits per heavy atom. The summed E-state index contributed by atoms with van der Waals surface area (Å²) >= 11 is 0. The Kier molecular flexibility index (Phi) is 5.24. The molecule has 29 heavy (non-hydrogen) atoms. The van der Waals surface area contributed by atoms with Gasteiger partial charge < -0.3 is 16.0 Å². The minimum atomic E-state index is -0.598. The number of piperidine rings is 1. The SMILES string of the molecule is N#CCC1(n2cc(C(N)=O)c(Nc3ccc(F)cc3)n2)CCN(CC2CC2)CC1. The van der Waals surface area contributed by atoms with E-state index in [1.54, 1.807) is 23.0 Å². The number of rotatable bonds is 7. The van der Waals surface area contributed by atoms with Crippen LogP contribution in [-0.4, -0.2) is 40.2 Å². The molecule has 1 aliphatic heterocycles. The molecule has 1 saturated carbocycles. The second-order valence-electron chi connectivity index (χ2n) is 8.14. The third-order valence-electron chi connectivity index (χ3n) is 5.98. The first-order valence-electron chi connectivity index (χ1n) is 10.0. The predicted octanol–water partition coefficient (Wildman–Crippen LogP) is 2.98. The number of amides is 1. The first-order valence-corrected chi connectivity index (χ1v) is 10.0. The summed E-state index contributed by atoms with van der Waals surface area (Å²) in [5.74, 6) is 0.208. The highest BCUT2D eigenvalue weighted by molar-refractivity contribution is 5.98. The Morgan fingerprint density at radius 3 is 2.59 bits per heavy atom. The molecule has 2 fully saturated rings. The van der Waals surface area contributed by atoms with Crippen LogP contribution in [0.3, 0.4) is 0 Å². The fraction of sp³-hybridized carbons (Fsp3) is 0.476. The van der Waals surface area contributed by atoms with Gasteiger partial charge in [0.05, 0.1) is 18.0 Å². The first-order chi connectivity index (χ1) is 14.0. The maximum atomic E-state index is 13.2. The van der Waals surface area contributed by atoms with Crippen molar-refractivity contribution in [1.29, 1.82) is 5.26 Å². The van der Waals surface area contributed by atoms with E-state index in [0.29, 0.717) is 17.9 Å². The number of likely N-dealkylation sites (tertiary alicyclic amines) is 1. The number of hydrogen-bond acceptors (Lipinski definition) is 5. The van der Waals surface area contributed by atoms with E-state index in [4.69, 9.17) is 5.73 Å². The highest BCUT2D eigenvalue weighted by Gasteiger charge is 2.39. The molecular weight excluding hydrogens is 371 g/mol. The number of benzene rings is 1. The highest BCUT2D eigenvalue weighted by atomic mass is 19.1. The summed E-state index contributed by atoms with van der Waals surface area (Å²) in [6.45, 7) is 2.95. The summed E-state index contributed by atoms with van der Waals surface area (Å²) in [6.07, 6.45) is 6.19. The number of carbonyl (C=O) groups is 1. The monoisotopic (exact) mass is 396 g/mol. The smallest absolute Gasteiger partial charge is 0.254 e. The molecule has 1 aromatic heterocycles. The number of nitriles is 1. The minimum absolute atomic E-state index is 0.257. The van der Waals surface area contributed by atoms with E-state index in [0.717, 1.165) is 38.4 Å².